The van der Waals surface area contributed by atoms with Crippen LogP contribution >= 0.6 is 0 Å². The molecule has 2 aliphatic heterocycles. The van der Waals surface area contributed by atoms with Crippen LogP contribution in [0, 0.1) is 18.8 Å². The predicted molar refractivity (Wildman–Crippen MR) is 75.4 cm³/mol. The maximum absolute atomic E-state index is 12.1. The van der Waals surface area contributed by atoms with Gasteiger partial charge >= 0.3 is 0 Å². The summed E-state index contributed by atoms with van der Waals surface area (Å²) in [7, 11) is 0. The minimum absolute atomic E-state index is 0.0284. The van der Waals surface area contributed by atoms with Gasteiger partial charge < -0.3 is 15.2 Å². The SMILES string of the molecule is Cc1cc(NC(=O)CN2CC3CNCC3C2(C)C)no1. The molecule has 1 aromatic heterocycles. The molecule has 2 fully saturated rings. The fourth-order valence-electron chi connectivity index (χ4n) is 3.55. The molecule has 110 valence electrons. The average molecular weight is 278 g/mol. The van der Waals surface area contributed by atoms with Crippen molar-refractivity contribution in [3.63, 3.8) is 0 Å². The summed E-state index contributed by atoms with van der Waals surface area (Å²) < 4.78 is 4.95. The maximum atomic E-state index is 12.1. The minimum Gasteiger partial charge on any atom is -0.360 e. The fourth-order valence-corrected chi connectivity index (χ4v) is 3.55. The first kappa shape index (κ1) is 13.6. The Morgan fingerprint density at radius 2 is 2.40 bits per heavy atom. The highest BCUT2D eigenvalue weighted by Gasteiger charge is 2.49. The van der Waals surface area contributed by atoms with Gasteiger partial charge in [0.1, 0.15) is 5.76 Å². The molecule has 0 aromatic carbocycles. The number of fused-ring (bicyclic) bond motifs is 1. The van der Waals surface area contributed by atoms with Gasteiger partial charge in [-0.3, -0.25) is 9.69 Å². The molecule has 2 atom stereocenters. The van der Waals surface area contributed by atoms with Crippen LogP contribution in [0.4, 0.5) is 5.82 Å². The van der Waals surface area contributed by atoms with Crippen LogP contribution in [0.2, 0.25) is 0 Å². The van der Waals surface area contributed by atoms with Crippen LogP contribution in [0.1, 0.15) is 19.6 Å². The Kier molecular flexibility index (Phi) is 3.30. The second kappa shape index (κ2) is 4.86. The molecule has 2 N–H and O–H groups in total. The Labute approximate surface area is 118 Å². The number of carbonyl (C=O) groups excluding carboxylic acids is 1. The van der Waals surface area contributed by atoms with Gasteiger partial charge in [-0.05, 0) is 39.2 Å². The van der Waals surface area contributed by atoms with Crippen LogP contribution in [0.3, 0.4) is 0 Å². The average Bonchev–Trinajstić information content (AvgIpc) is 3.01. The van der Waals surface area contributed by atoms with Crippen LogP contribution in [-0.4, -0.2) is 47.7 Å². The summed E-state index contributed by atoms with van der Waals surface area (Å²) >= 11 is 0. The number of carbonyl (C=O) groups is 1. The van der Waals surface area contributed by atoms with Crippen molar-refractivity contribution in [2.45, 2.75) is 26.3 Å². The van der Waals surface area contributed by atoms with Crippen molar-refractivity contribution in [1.82, 2.24) is 15.4 Å². The molecule has 6 heteroatoms. The van der Waals surface area contributed by atoms with E-state index >= 15 is 0 Å². The van der Waals surface area contributed by atoms with Crippen LogP contribution in [0.15, 0.2) is 10.6 Å². The maximum Gasteiger partial charge on any atom is 0.239 e. The third-order valence-corrected chi connectivity index (χ3v) is 4.75. The molecule has 2 unspecified atom stereocenters. The van der Waals surface area contributed by atoms with E-state index in [-0.39, 0.29) is 11.4 Å². The third kappa shape index (κ3) is 2.33. The second-order valence-electron chi connectivity index (χ2n) is 6.43. The molecule has 0 aliphatic carbocycles. The Morgan fingerprint density at radius 3 is 3.05 bits per heavy atom. The molecule has 0 radical (unpaired) electrons. The Balaban J connectivity index is 1.62. The number of nitrogens with zero attached hydrogens (tertiary/aromatic N) is 2. The fraction of sp³-hybridized carbons (Fsp3) is 0.714. The standard InChI is InChI=1S/C14H22N4O2/c1-9-4-12(17-20-9)16-13(19)8-18-7-10-5-15-6-11(10)14(18,2)3/h4,10-11,15H,5-8H2,1-3H3,(H,16,17,19). The van der Waals surface area contributed by atoms with E-state index in [1.165, 1.54) is 0 Å². The van der Waals surface area contributed by atoms with Crippen molar-refractivity contribution in [3.05, 3.63) is 11.8 Å². The summed E-state index contributed by atoms with van der Waals surface area (Å²) in [6.45, 7) is 9.78. The number of rotatable bonds is 3. The number of amides is 1. The van der Waals surface area contributed by atoms with Crippen molar-refractivity contribution >= 4 is 11.7 Å². The third-order valence-electron chi connectivity index (χ3n) is 4.75. The highest BCUT2D eigenvalue weighted by atomic mass is 16.5. The van der Waals surface area contributed by atoms with Gasteiger partial charge in [0, 0.05) is 24.7 Å². The number of likely N-dealkylation sites (tertiary alicyclic amines) is 1. The normalized spacial score (nSPS) is 28.6. The van der Waals surface area contributed by atoms with Gasteiger partial charge in [-0.2, -0.15) is 0 Å². The number of anilines is 1. The summed E-state index contributed by atoms with van der Waals surface area (Å²) in [5.74, 6) is 2.45. The highest BCUT2D eigenvalue weighted by Crippen LogP contribution is 2.40. The summed E-state index contributed by atoms with van der Waals surface area (Å²) in [6.07, 6.45) is 0. The Hall–Kier alpha value is -1.40. The minimum atomic E-state index is -0.0284. The van der Waals surface area contributed by atoms with E-state index in [4.69, 9.17) is 4.52 Å². The van der Waals surface area contributed by atoms with Crippen LogP contribution in [-0.2, 0) is 4.79 Å². The molecular formula is C14H22N4O2. The summed E-state index contributed by atoms with van der Waals surface area (Å²) in [5.41, 5.74) is 0.0608. The molecule has 1 aromatic rings. The lowest BCUT2D eigenvalue weighted by molar-refractivity contribution is -0.118. The van der Waals surface area contributed by atoms with Crippen LogP contribution < -0.4 is 10.6 Å². The van der Waals surface area contributed by atoms with Gasteiger partial charge in [0.25, 0.3) is 0 Å². The number of aryl methyl sites for hydroxylation is 1. The molecule has 20 heavy (non-hydrogen) atoms. The van der Waals surface area contributed by atoms with E-state index < -0.39 is 0 Å². The summed E-state index contributed by atoms with van der Waals surface area (Å²) in [5, 5.41) is 10.0. The molecule has 1 amide bonds. The first-order chi connectivity index (χ1) is 9.46. The van der Waals surface area contributed by atoms with Crippen molar-refractivity contribution < 1.29 is 9.32 Å². The molecular weight excluding hydrogens is 256 g/mol. The topological polar surface area (TPSA) is 70.4 Å². The molecule has 0 bridgehead atoms. The van der Waals surface area contributed by atoms with Gasteiger partial charge in [-0.1, -0.05) is 5.16 Å². The zero-order valence-corrected chi connectivity index (χ0v) is 12.3. The summed E-state index contributed by atoms with van der Waals surface area (Å²) in [4.78, 5) is 14.4. The quantitative estimate of drug-likeness (QED) is 0.858. The van der Waals surface area contributed by atoms with Crippen LogP contribution in [0.25, 0.3) is 0 Å². The summed E-state index contributed by atoms with van der Waals surface area (Å²) in [6, 6.07) is 1.73. The van der Waals surface area contributed by atoms with E-state index in [1.54, 1.807) is 13.0 Å². The van der Waals surface area contributed by atoms with E-state index in [0.29, 0.717) is 30.0 Å². The molecule has 0 spiro atoms. The zero-order valence-electron chi connectivity index (χ0n) is 12.3. The first-order valence-electron chi connectivity index (χ1n) is 7.16. The van der Waals surface area contributed by atoms with Crippen molar-refractivity contribution in [1.29, 1.82) is 0 Å². The van der Waals surface area contributed by atoms with Gasteiger partial charge in [-0.25, -0.2) is 0 Å². The lowest BCUT2D eigenvalue weighted by atomic mass is 9.85. The molecule has 6 nitrogen and oxygen atoms in total. The van der Waals surface area contributed by atoms with Crippen LogP contribution in [0.5, 0.6) is 0 Å². The van der Waals surface area contributed by atoms with Crippen molar-refractivity contribution in [2.24, 2.45) is 11.8 Å². The first-order valence-corrected chi connectivity index (χ1v) is 7.16. The Morgan fingerprint density at radius 1 is 1.60 bits per heavy atom. The van der Waals surface area contributed by atoms with Gasteiger partial charge in [0.15, 0.2) is 5.82 Å². The van der Waals surface area contributed by atoms with E-state index in [0.717, 1.165) is 19.6 Å². The molecule has 2 saturated heterocycles. The number of hydrogen-bond acceptors (Lipinski definition) is 5. The number of hydrogen-bond donors (Lipinski definition) is 2. The van der Waals surface area contributed by atoms with Crippen molar-refractivity contribution in [2.75, 3.05) is 31.5 Å². The lowest BCUT2D eigenvalue weighted by Gasteiger charge is -2.35. The molecule has 2 aliphatic rings. The Bertz CT molecular complexity index is 511. The molecule has 0 saturated carbocycles. The monoisotopic (exact) mass is 278 g/mol. The predicted octanol–water partition coefficient (Wildman–Crippen LogP) is 0.851. The van der Waals surface area contributed by atoms with Gasteiger partial charge in [0.05, 0.1) is 6.54 Å². The van der Waals surface area contributed by atoms with Gasteiger partial charge in [0.2, 0.25) is 5.91 Å². The second-order valence-corrected chi connectivity index (χ2v) is 6.43. The lowest BCUT2D eigenvalue weighted by Crippen LogP contribution is -2.47. The van der Waals surface area contributed by atoms with E-state index in [9.17, 15) is 4.79 Å². The highest BCUT2D eigenvalue weighted by molar-refractivity contribution is 5.91. The van der Waals surface area contributed by atoms with E-state index in [2.05, 4.69) is 34.5 Å². The van der Waals surface area contributed by atoms with Crippen molar-refractivity contribution in [3.8, 4) is 0 Å². The number of nitrogens with one attached hydrogen (secondary N) is 2. The zero-order chi connectivity index (χ0) is 14.3. The molecule has 3 heterocycles. The van der Waals surface area contributed by atoms with Gasteiger partial charge in [-0.15, -0.1) is 0 Å². The largest absolute Gasteiger partial charge is 0.360 e. The smallest absolute Gasteiger partial charge is 0.239 e. The number of aromatic nitrogens is 1. The molecule has 3 rings (SSSR count). The van der Waals surface area contributed by atoms with E-state index in [1.807, 2.05) is 0 Å².